The number of carboxylic acid groups (broad SMARTS) is 1. The van der Waals surface area contributed by atoms with E-state index in [4.69, 9.17) is 10.2 Å². The molecule has 10 heteroatoms. The van der Waals surface area contributed by atoms with Crippen LogP contribution in [-0.2, 0) is 4.79 Å². The SMILES string of the molecule is CCN(CSC1=C(C(=O)O)N2CC(C(C)O)C2C1)c1nc(C(N)=O)co1. The molecule has 142 valence electrons. The lowest BCUT2D eigenvalue weighted by atomic mass is 9.85. The highest BCUT2D eigenvalue weighted by molar-refractivity contribution is 8.03. The summed E-state index contributed by atoms with van der Waals surface area (Å²) in [5.41, 5.74) is 5.56. The van der Waals surface area contributed by atoms with Crippen molar-refractivity contribution in [3.8, 4) is 0 Å². The molecule has 1 amide bonds. The number of aliphatic carboxylic acids is 1. The standard InChI is InChI=1S/C16H22N4O5S/c1-3-19(16-18-10(6-25-16)14(17)22)7-26-12-4-11-9(8(2)21)5-20(11)13(12)15(23)24/h6,8-9,11,21H,3-5,7H2,1-2H3,(H2,17,22)(H,23,24). The van der Waals surface area contributed by atoms with Gasteiger partial charge < -0.3 is 30.2 Å². The van der Waals surface area contributed by atoms with Gasteiger partial charge in [-0.1, -0.05) is 0 Å². The molecule has 0 spiro atoms. The van der Waals surface area contributed by atoms with Crippen LogP contribution in [0.2, 0.25) is 0 Å². The Morgan fingerprint density at radius 2 is 2.31 bits per heavy atom. The third-order valence-electron chi connectivity index (χ3n) is 4.86. The molecule has 1 saturated heterocycles. The highest BCUT2D eigenvalue weighted by Crippen LogP contribution is 2.46. The highest BCUT2D eigenvalue weighted by Gasteiger charge is 2.49. The van der Waals surface area contributed by atoms with Crippen LogP contribution >= 0.6 is 11.8 Å². The monoisotopic (exact) mass is 382 g/mol. The average molecular weight is 382 g/mol. The summed E-state index contributed by atoms with van der Waals surface area (Å²) < 4.78 is 5.30. The molecule has 0 radical (unpaired) electrons. The molecule has 3 heterocycles. The van der Waals surface area contributed by atoms with Crippen molar-refractivity contribution in [1.82, 2.24) is 9.88 Å². The summed E-state index contributed by atoms with van der Waals surface area (Å²) in [6, 6.07) is 0.316. The van der Waals surface area contributed by atoms with E-state index in [-0.39, 0.29) is 23.7 Å². The number of carboxylic acids is 1. The number of fused-ring (bicyclic) bond motifs is 1. The van der Waals surface area contributed by atoms with Gasteiger partial charge in [0.15, 0.2) is 5.69 Å². The van der Waals surface area contributed by atoms with E-state index in [1.165, 1.54) is 18.0 Å². The number of amides is 1. The Bertz CT molecular complexity index is 747. The van der Waals surface area contributed by atoms with Gasteiger partial charge in [-0.25, -0.2) is 4.79 Å². The molecule has 26 heavy (non-hydrogen) atoms. The highest BCUT2D eigenvalue weighted by atomic mass is 32.2. The van der Waals surface area contributed by atoms with Gasteiger partial charge in [0.05, 0.1) is 12.0 Å². The van der Waals surface area contributed by atoms with E-state index in [9.17, 15) is 19.8 Å². The number of rotatable bonds is 8. The summed E-state index contributed by atoms with van der Waals surface area (Å²) in [6.07, 6.45) is 1.36. The van der Waals surface area contributed by atoms with E-state index in [1.54, 1.807) is 11.8 Å². The van der Waals surface area contributed by atoms with Crippen LogP contribution in [0, 0.1) is 5.92 Å². The van der Waals surface area contributed by atoms with Crippen molar-refractivity contribution in [2.24, 2.45) is 11.7 Å². The molecule has 0 saturated carbocycles. The van der Waals surface area contributed by atoms with Gasteiger partial charge in [0.25, 0.3) is 11.9 Å². The number of hydrogen-bond acceptors (Lipinski definition) is 8. The summed E-state index contributed by atoms with van der Waals surface area (Å²) >= 11 is 1.41. The van der Waals surface area contributed by atoms with Crippen LogP contribution in [0.15, 0.2) is 21.3 Å². The fourth-order valence-electron chi connectivity index (χ4n) is 3.35. The number of nitrogens with zero attached hydrogens (tertiary/aromatic N) is 3. The largest absolute Gasteiger partial charge is 0.477 e. The molecular weight excluding hydrogens is 360 g/mol. The maximum Gasteiger partial charge on any atom is 0.353 e. The first-order chi connectivity index (χ1) is 12.3. The number of nitrogens with two attached hydrogens (primary N) is 1. The first-order valence-corrected chi connectivity index (χ1v) is 9.36. The van der Waals surface area contributed by atoms with E-state index in [0.717, 1.165) is 4.91 Å². The maximum atomic E-state index is 11.7. The molecule has 0 aliphatic carbocycles. The number of carbonyl (C=O) groups is 2. The van der Waals surface area contributed by atoms with E-state index in [2.05, 4.69) is 4.98 Å². The molecule has 0 aromatic carbocycles. The maximum absolute atomic E-state index is 11.7. The number of anilines is 1. The van der Waals surface area contributed by atoms with Crippen LogP contribution in [-0.4, -0.2) is 63.1 Å². The summed E-state index contributed by atoms with van der Waals surface area (Å²) in [6.45, 7) is 4.79. The van der Waals surface area contributed by atoms with Gasteiger partial charge in [-0.3, -0.25) is 4.79 Å². The van der Waals surface area contributed by atoms with Gasteiger partial charge in [-0.2, -0.15) is 4.98 Å². The lowest BCUT2D eigenvalue weighted by Gasteiger charge is -2.47. The number of aliphatic hydroxyl groups is 1. The molecule has 0 bridgehead atoms. The molecule has 2 aliphatic heterocycles. The van der Waals surface area contributed by atoms with Crippen LogP contribution in [0.4, 0.5) is 6.01 Å². The van der Waals surface area contributed by atoms with Crippen LogP contribution in [0.25, 0.3) is 0 Å². The molecule has 3 unspecified atom stereocenters. The number of hydrogen-bond donors (Lipinski definition) is 3. The zero-order valence-corrected chi connectivity index (χ0v) is 15.4. The van der Waals surface area contributed by atoms with Crippen LogP contribution in [0.3, 0.4) is 0 Å². The van der Waals surface area contributed by atoms with E-state index >= 15 is 0 Å². The van der Waals surface area contributed by atoms with E-state index in [0.29, 0.717) is 31.1 Å². The number of oxazole rings is 1. The first kappa shape index (κ1) is 18.6. The first-order valence-electron chi connectivity index (χ1n) is 8.37. The van der Waals surface area contributed by atoms with Crippen LogP contribution < -0.4 is 10.6 Å². The van der Waals surface area contributed by atoms with Gasteiger partial charge in [-0.05, 0) is 13.8 Å². The van der Waals surface area contributed by atoms with Gasteiger partial charge >= 0.3 is 5.97 Å². The molecule has 1 aromatic rings. The minimum atomic E-state index is -0.950. The molecule has 3 rings (SSSR count). The Hall–Kier alpha value is -2.20. The number of thioether (sulfide) groups is 1. The number of primary amides is 1. The normalized spacial score (nSPS) is 22.8. The smallest absolute Gasteiger partial charge is 0.353 e. The Morgan fingerprint density at radius 3 is 2.85 bits per heavy atom. The second kappa shape index (κ2) is 7.20. The summed E-state index contributed by atoms with van der Waals surface area (Å²) in [7, 11) is 0. The van der Waals surface area contributed by atoms with E-state index < -0.39 is 18.0 Å². The summed E-state index contributed by atoms with van der Waals surface area (Å²) in [5.74, 6) is -1.09. The van der Waals surface area contributed by atoms with Crippen LogP contribution in [0.1, 0.15) is 30.8 Å². The van der Waals surface area contributed by atoms with Crippen molar-refractivity contribution in [2.75, 3.05) is 23.9 Å². The van der Waals surface area contributed by atoms with Crippen molar-refractivity contribution < 1.29 is 24.2 Å². The minimum absolute atomic E-state index is 0.0434. The van der Waals surface area contributed by atoms with Gasteiger partial charge in [0.2, 0.25) is 0 Å². The van der Waals surface area contributed by atoms with Gasteiger partial charge in [0, 0.05) is 36.4 Å². The molecule has 1 aromatic heterocycles. The molecule has 9 nitrogen and oxygen atoms in total. The lowest BCUT2D eigenvalue weighted by molar-refractivity contribution is -0.136. The molecule has 2 aliphatic rings. The molecule has 4 N–H and O–H groups in total. The zero-order chi connectivity index (χ0) is 19.0. The quantitative estimate of drug-likeness (QED) is 0.555. The number of aromatic nitrogens is 1. The predicted molar refractivity (Wildman–Crippen MR) is 95.4 cm³/mol. The topological polar surface area (TPSA) is 133 Å². The second-order valence-electron chi connectivity index (χ2n) is 6.41. The molecule has 1 fully saturated rings. The molecular formula is C16H22N4O5S. The fourth-order valence-corrected chi connectivity index (χ4v) is 4.58. The van der Waals surface area contributed by atoms with Crippen molar-refractivity contribution in [3.05, 3.63) is 22.6 Å². The summed E-state index contributed by atoms with van der Waals surface area (Å²) in [5, 5.41) is 19.4. The Labute approximate surface area is 154 Å². The zero-order valence-electron chi connectivity index (χ0n) is 14.6. The Balaban J connectivity index is 1.70. The Morgan fingerprint density at radius 1 is 1.58 bits per heavy atom. The van der Waals surface area contributed by atoms with Crippen LogP contribution in [0.5, 0.6) is 0 Å². The van der Waals surface area contributed by atoms with E-state index in [1.807, 2.05) is 11.8 Å². The molecule has 3 atom stereocenters. The van der Waals surface area contributed by atoms with Crippen molar-refractivity contribution in [2.45, 2.75) is 32.4 Å². The number of aliphatic hydroxyl groups excluding tert-OH is 1. The average Bonchev–Trinajstić information content (AvgIpc) is 3.13. The number of carbonyl (C=O) groups excluding carboxylic acids is 1. The third-order valence-corrected chi connectivity index (χ3v) is 6.01. The Kier molecular flexibility index (Phi) is 5.15. The van der Waals surface area contributed by atoms with Crippen molar-refractivity contribution in [3.63, 3.8) is 0 Å². The third kappa shape index (κ3) is 3.26. The second-order valence-corrected chi connectivity index (χ2v) is 7.45. The van der Waals surface area contributed by atoms with Gasteiger partial charge in [-0.15, -0.1) is 11.8 Å². The van der Waals surface area contributed by atoms with Crippen molar-refractivity contribution >= 4 is 29.7 Å². The summed E-state index contributed by atoms with van der Waals surface area (Å²) in [4.78, 5) is 31.3. The van der Waals surface area contributed by atoms with Crippen molar-refractivity contribution in [1.29, 1.82) is 0 Å². The predicted octanol–water partition coefficient (Wildman–Crippen LogP) is 0.672. The van der Waals surface area contributed by atoms with Gasteiger partial charge in [0.1, 0.15) is 12.0 Å². The fraction of sp³-hybridized carbons (Fsp3) is 0.562. The minimum Gasteiger partial charge on any atom is -0.477 e. The lowest BCUT2D eigenvalue weighted by Crippen LogP contribution is -2.57.